The third-order valence-corrected chi connectivity index (χ3v) is 3.77. The van der Waals surface area contributed by atoms with Gasteiger partial charge in [-0.25, -0.2) is 4.79 Å². The molecule has 114 valence electrons. The topological polar surface area (TPSA) is 59.3 Å². The second-order valence-corrected chi connectivity index (χ2v) is 5.74. The smallest absolute Gasteiger partial charge is 0.360 e. The Labute approximate surface area is 140 Å². The Morgan fingerprint density at radius 2 is 1.61 bits per heavy atom. The van der Waals surface area contributed by atoms with Gasteiger partial charge in [-0.05, 0) is 36.4 Å². The van der Waals surface area contributed by atoms with E-state index in [4.69, 9.17) is 4.42 Å². The molecule has 0 fully saturated rings. The van der Waals surface area contributed by atoms with E-state index in [1.165, 1.54) is 0 Å². The number of rotatable bonds is 3. The number of amides is 1. The fraction of sp³-hybridized carbons (Fsp3) is 0. The van der Waals surface area contributed by atoms with Crippen LogP contribution in [-0.2, 0) is 0 Å². The minimum atomic E-state index is -0.588. The Morgan fingerprint density at radius 3 is 2.26 bits per heavy atom. The molecule has 0 aliphatic rings. The minimum absolute atomic E-state index is 0.111. The maximum Gasteiger partial charge on any atom is 0.360 e. The molecule has 1 amide bonds. The molecule has 3 rings (SSSR count). The number of hydrogen-bond donors (Lipinski definition) is 1. The van der Waals surface area contributed by atoms with Crippen LogP contribution in [0, 0.1) is 0 Å². The zero-order valence-corrected chi connectivity index (χ0v) is 13.5. The Kier molecular flexibility index (Phi) is 4.39. The number of nitrogens with one attached hydrogen (secondary N) is 1. The lowest BCUT2D eigenvalue weighted by molar-refractivity contribution is 0.102. The van der Waals surface area contributed by atoms with Crippen molar-refractivity contribution in [2.24, 2.45) is 0 Å². The summed E-state index contributed by atoms with van der Waals surface area (Å²) >= 11 is 3.35. The van der Waals surface area contributed by atoms with E-state index in [9.17, 15) is 9.59 Å². The van der Waals surface area contributed by atoms with Crippen LogP contribution in [-0.4, -0.2) is 5.91 Å². The molecule has 0 aliphatic heterocycles. The van der Waals surface area contributed by atoms with Crippen LogP contribution < -0.4 is 10.9 Å². The van der Waals surface area contributed by atoms with Gasteiger partial charge in [0.2, 0.25) is 0 Å². The lowest BCUT2D eigenvalue weighted by Gasteiger charge is -2.05. The lowest BCUT2D eigenvalue weighted by Crippen LogP contribution is -2.17. The van der Waals surface area contributed by atoms with E-state index in [-0.39, 0.29) is 11.6 Å². The molecule has 0 saturated carbocycles. The van der Waals surface area contributed by atoms with Gasteiger partial charge in [0, 0.05) is 15.6 Å². The molecule has 1 N–H and O–H groups in total. The summed E-state index contributed by atoms with van der Waals surface area (Å²) in [5.41, 5.74) is 0.782. The normalized spacial score (nSPS) is 10.3. The van der Waals surface area contributed by atoms with E-state index >= 15 is 0 Å². The van der Waals surface area contributed by atoms with Gasteiger partial charge in [0.1, 0.15) is 11.4 Å². The zero-order valence-electron chi connectivity index (χ0n) is 12.0. The van der Waals surface area contributed by atoms with Crippen LogP contribution in [0.1, 0.15) is 10.4 Å². The number of anilines is 1. The highest BCUT2D eigenvalue weighted by molar-refractivity contribution is 9.10. The molecule has 0 atom stereocenters. The van der Waals surface area contributed by atoms with Crippen LogP contribution >= 0.6 is 15.9 Å². The molecule has 0 aliphatic carbocycles. The van der Waals surface area contributed by atoms with E-state index in [1.807, 2.05) is 30.3 Å². The van der Waals surface area contributed by atoms with Crippen LogP contribution in [0.3, 0.4) is 0 Å². The second-order valence-electron chi connectivity index (χ2n) is 4.83. The molecule has 4 nitrogen and oxygen atoms in total. The third kappa shape index (κ3) is 3.57. The van der Waals surface area contributed by atoms with Crippen molar-refractivity contribution in [1.82, 2.24) is 0 Å². The maximum absolute atomic E-state index is 12.1. The predicted molar refractivity (Wildman–Crippen MR) is 92.5 cm³/mol. The molecular formula is C18H12BrNO3. The highest BCUT2D eigenvalue weighted by atomic mass is 79.9. The van der Waals surface area contributed by atoms with E-state index in [2.05, 4.69) is 21.2 Å². The first-order chi connectivity index (χ1) is 11.1. The van der Waals surface area contributed by atoms with Crippen molar-refractivity contribution >= 4 is 27.5 Å². The summed E-state index contributed by atoms with van der Waals surface area (Å²) in [5.74, 6) is 0.0921. The van der Waals surface area contributed by atoms with Gasteiger partial charge >= 0.3 is 5.63 Å². The fourth-order valence-electron chi connectivity index (χ4n) is 2.06. The Balaban J connectivity index is 1.84. The first-order valence-electron chi connectivity index (χ1n) is 6.90. The number of carbonyl (C=O) groups is 1. The summed E-state index contributed by atoms with van der Waals surface area (Å²) < 4.78 is 6.23. The van der Waals surface area contributed by atoms with Crippen molar-refractivity contribution in [3.8, 4) is 11.3 Å². The van der Waals surface area contributed by atoms with Crippen molar-refractivity contribution in [2.75, 3.05) is 5.32 Å². The van der Waals surface area contributed by atoms with Crippen molar-refractivity contribution in [1.29, 1.82) is 0 Å². The maximum atomic E-state index is 12.1. The summed E-state index contributed by atoms with van der Waals surface area (Å²) in [6.45, 7) is 0. The van der Waals surface area contributed by atoms with Gasteiger partial charge in [-0.15, -0.1) is 0 Å². The first kappa shape index (κ1) is 15.2. The SMILES string of the molecule is O=C(Nc1ccc(-c2ccc(Br)cc2)oc1=O)c1ccccc1. The van der Waals surface area contributed by atoms with Crippen LogP contribution in [0.15, 0.2) is 80.4 Å². The first-order valence-corrected chi connectivity index (χ1v) is 7.69. The van der Waals surface area contributed by atoms with Gasteiger partial charge in [-0.1, -0.05) is 46.3 Å². The highest BCUT2D eigenvalue weighted by Gasteiger charge is 2.10. The molecule has 2 aromatic carbocycles. The standard InChI is InChI=1S/C18H12BrNO3/c19-14-8-6-12(7-9-14)16-11-10-15(18(22)23-16)20-17(21)13-4-2-1-3-5-13/h1-11H,(H,20,21). The number of carbonyl (C=O) groups excluding carboxylic acids is 1. The van der Waals surface area contributed by atoms with Gasteiger partial charge in [-0.3, -0.25) is 4.79 Å². The van der Waals surface area contributed by atoms with Crippen molar-refractivity contribution < 1.29 is 9.21 Å². The van der Waals surface area contributed by atoms with Gasteiger partial charge in [0.25, 0.3) is 5.91 Å². The fourth-order valence-corrected chi connectivity index (χ4v) is 2.33. The summed E-state index contributed by atoms with van der Waals surface area (Å²) in [7, 11) is 0. The second kappa shape index (κ2) is 6.62. The molecule has 1 aromatic heterocycles. The summed E-state index contributed by atoms with van der Waals surface area (Å²) in [5, 5.41) is 2.56. The van der Waals surface area contributed by atoms with E-state index in [1.54, 1.807) is 36.4 Å². The predicted octanol–water partition coefficient (Wildman–Crippen LogP) is 4.32. The van der Waals surface area contributed by atoms with Crippen molar-refractivity contribution in [3.63, 3.8) is 0 Å². The number of hydrogen-bond acceptors (Lipinski definition) is 3. The van der Waals surface area contributed by atoms with Crippen molar-refractivity contribution in [2.45, 2.75) is 0 Å². The van der Waals surface area contributed by atoms with E-state index in [0.29, 0.717) is 11.3 Å². The van der Waals surface area contributed by atoms with Gasteiger partial charge < -0.3 is 9.73 Å². The lowest BCUT2D eigenvalue weighted by atomic mass is 10.1. The highest BCUT2D eigenvalue weighted by Crippen LogP contribution is 2.21. The Bertz CT molecular complexity index is 886. The summed E-state index contributed by atoms with van der Waals surface area (Å²) in [4.78, 5) is 24.1. The monoisotopic (exact) mass is 369 g/mol. The van der Waals surface area contributed by atoms with Gasteiger partial charge in [0.15, 0.2) is 0 Å². The van der Waals surface area contributed by atoms with Crippen LogP contribution in [0.5, 0.6) is 0 Å². The molecule has 5 heteroatoms. The summed E-state index contributed by atoms with van der Waals surface area (Å²) in [6, 6.07) is 19.3. The Morgan fingerprint density at radius 1 is 0.913 bits per heavy atom. The van der Waals surface area contributed by atoms with Gasteiger partial charge in [0.05, 0.1) is 0 Å². The molecule has 1 heterocycles. The average molecular weight is 370 g/mol. The molecule has 0 saturated heterocycles. The van der Waals surface area contributed by atoms with Crippen LogP contribution in [0.25, 0.3) is 11.3 Å². The van der Waals surface area contributed by atoms with Crippen molar-refractivity contribution in [3.05, 3.63) is 87.2 Å². The number of halogens is 1. The van der Waals surface area contributed by atoms with Gasteiger partial charge in [-0.2, -0.15) is 0 Å². The van der Waals surface area contributed by atoms with E-state index < -0.39 is 5.63 Å². The zero-order chi connectivity index (χ0) is 16.2. The molecule has 0 unspecified atom stereocenters. The molecular weight excluding hydrogens is 358 g/mol. The molecule has 0 radical (unpaired) electrons. The average Bonchev–Trinajstić information content (AvgIpc) is 2.58. The van der Waals surface area contributed by atoms with E-state index in [0.717, 1.165) is 10.0 Å². The quantitative estimate of drug-likeness (QED) is 0.747. The number of benzene rings is 2. The summed E-state index contributed by atoms with van der Waals surface area (Å²) in [6.07, 6.45) is 0. The largest absolute Gasteiger partial charge is 0.421 e. The minimum Gasteiger partial charge on any atom is -0.421 e. The molecule has 3 aromatic rings. The molecule has 23 heavy (non-hydrogen) atoms. The third-order valence-electron chi connectivity index (χ3n) is 3.24. The molecule has 0 spiro atoms. The Hall–Kier alpha value is -2.66. The molecule has 0 bridgehead atoms. The van der Waals surface area contributed by atoms with Crippen LogP contribution in [0.2, 0.25) is 0 Å². The van der Waals surface area contributed by atoms with Crippen LogP contribution in [0.4, 0.5) is 5.69 Å².